The monoisotopic (exact) mass is 416 g/mol. The summed E-state index contributed by atoms with van der Waals surface area (Å²) >= 11 is 0. The van der Waals surface area contributed by atoms with Crippen molar-refractivity contribution >= 4 is 23.4 Å². The molecule has 1 N–H and O–H groups in total. The summed E-state index contributed by atoms with van der Waals surface area (Å²) in [5, 5.41) is 3.04. The molecule has 2 saturated carbocycles. The second-order valence-corrected chi connectivity index (χ2v) is 9.39. The number of benzene rings is 2. The number of likely N-dealkylation sites (tertiary alicyclic amines) is 1. The van der Waals surface area contributed by atoms with Crippen LogP contribution in [0, 0.1) is 37.5 Å². The highest BCUT2D eigenvalue weighted by molar-refractivity contribution is 6.10. The third-order valence-electron chi connectivity index (χ3n) is 7.58. The molecule has 0 spiro atoms. The Morgan fingerprint density at radius 2 is 1.52 bits per heavy atom. The first-order chi connectivity index (χ1) is 15.0. The number of carbonyl (C=O) groups excluding carboxylic acids is 3. The minimum absolute atomic E-state index is 0.139. The highest BCUT2D eigenvalue weighted by atomic mass is 16.2. The van der Waals surface area contributed by atoms with Gasteiger partial charge in [-0.25, -0.2) is 0 Å². The number of carbonyl (C=O) groups is 3. The molecule has 5 rings (SSSR count). The second kappa shape index (κ2) is 7.63. The molecule has 2 aliphatic carbocycles. The molecule has 1 heterocycles. The van der Waals surface area contributed by atoms with Gasteiger partial charge in [0, 0.05) is 12.1 Å². The summed E-state index contributed by atoms with van der Waals surface area (Å²) in [7, 11) is 0. The van der Waals surface area contributed by atoms with Crippen molar-refractivity contribution < 1.29 is 14.4 Å². The molecule has 3 fully saturated rings. The van der Waals surface area contributed by atoms with Crippen molar-refractivity contribution in [2.75, 3.05) is 5.32 Å². The fourth-order valence-corrected chi connectivity index (χ4v) is 6.10. The van der Waals surface area contributed by atoms with Gasteiger partial charge in [0.25, 0.3) is 0 Å². The Balaban J connectivity index is 1.48. The van der Waals surface area contributed by atoms with Crippen LogP contribution in [0.2, 0.25) is 0 Å². The molecule has 0 unspecified atom stereocenters. The van der Waals surface area contributed by atoms with Crippen molar-refractivity contribution in [1.82, 2.24) is 4.90 Å². The zero-order valence-corrected chi connectivity index (χ0v) is 18.0. The number of nitrogens with zero attached hydrogens (tertiary/aromatic N) is 1. The fourth-order valence-electron chi connectivity index (χ4n) is 6.10. The van der Waals surface area contributed by atoms with E-state index >= 15 is 0 Å². The van der Waals surface area contributed by atoms with Crippen molar-refractivity contribution in [3.8, 4) is 0 Å². The van der Waals surface area contributed by atoms with Crippen LogP contribution in [0.3, 0.4) is 0 Å². The Morgan fingerprint density at radius 3 is 2.10 bits per heavy atom. The van der Waals surface area contributed by atoms with E-state index in [0.29, 0.717) is 18.3 Å². The Labute approximate surface area is 182 Å². The predicted molar refractivity (Wildman–Crippen MR) is 118 cm³/mol. The number of fused-ring (bicyclic) bond motifs is 5. The van der Waals surface area contributed by atoms with E-state index in [0.717, 1.165) is 41.6 Å². The number of aryl methyl sites for hydroxylation is 2. The van der Waals surface area contributed by atoms with Crippen LogP contribution in [0.15, 0.2) is 48.5 Å². The van der Waals surface area contributed by atoms with E-state index in [1.165, 1.54) is 4.90 Å². The van der Waals surface area contributed by atoms with Gasteiger partial charge in [-0.1, -0.05) is 48.5 Å². The highest BCUT2D eigenvalue weighted by Gasteiger charge is 2.62. The lowest BCUT2D eigenvalue weighted by Crippen LogP contribution is -2.49. The molecule has 160 valence electrons. The smallest absolute Gasteiger partial charge is 0.248 e. The first-order valence-electron chi connectivity index (χ1n) is 11.2. The second-order valence-electron chi connectivity index (χ2n) is 9.39. The summed E-state index contributed by atoms with van der Waals surface area (Å²) in [6.45, 7) is 3.89. The van der Waals surface area contributed by atoms with Crippen molar-refractivity contribution in [2.45, 2.75) is 45.6 Å². The van der Waals surface area contributed by atoms with E-state index < -0.39 is 6.04 Å². The van der Waals surface area contributed by atoms with E-state index in [-0.39, 0.29) is 29.6 Å². The molecule has 31 heavy (non-hydrogen) atoms. The molecule has 0 aromatic heterocycles. The maximum atomic E-state index is 13.5. The van der Waals surface area contributed by atoms with Crippen molar-refractivity contribution in [1.29, 1.82) is 0 Å². The van der Waals surface area contributed by atoms with Crippen molar-refractivity contribution in [2.24, 2.45) is 23.7 Å². The molecule has 5 heteroatoms. The van der Waals surface area contributed by atoms with Gasteiger partial charge in [-0.15, -0.1) is 0 Å². The average molecular weight is 417 g/mol. The Kier molecular flexibility index (Phi) is 4.92. The summed E-state index contributed by atoms with van der Waals surface area (Å²) in [4.78, 5) is 41.7. The number of amides is 3. The van der Waals surface area contributed by atoms with Crippen LogP contribution in [0.25, 0.3) is 0 Å². The van der Waals surface area contributed by atoms with Gasteiger partial charge in [-0.05, 0) is 61.6 Å². The number of rotatable bonds is 5. The van der Waals surface area contributed by atoms with Crippen LogP contribution in [0.5, 0.6) is 0 Å². The number of para-hydroxylation sites is 1. The van der Waals surface area contributed by atoms with E-state index in [4.69, 9.17) is 0 Å². The fraction of sp³-hybridized carbons (Fsp3) is 0.423. The molecular formula is C26H28N2O3. The van der Waals surface area contributed by atoms with Gasteiger partial charge in [-0.3, -0.25) is 19.3 Å². The highest BCUT2D eigenvalue weighted by Crippen LogP contribution is 2.56. The van der Waals surface area contributed by atoms with E-state index in [2.05, 4.69) is 5.32 Å². The molecule has 1 saturated heterocycles. The van der Waals surface area contributed by atoms with Crippen LogP contribution >= 0.6 is 0 Å². The predicted octanol–water partition coefficient (Wildman–Crippen LogP) is 3.88. The first kappa shape index (κ1) is 20.0. The Bertz CT molecular complexity index is 1000. The topological polar surface area (TPSA) is 66.5 Å². The third-order valence-corrected chi connectivity index (χ3v) is 7.58. The van der Waals surface area contributed by atoms with Crippen molar-refractivity contribution in [3.05, 3.63) is 65.2 Å². The number of hydrogen-bond acceptors (Lipinski definition) is 3. The molecule has 5 atom stereocenters. The largest absolute Gasteiger partial charge is 0.324 e. The van der Waals surface area contributed by atoms with Crippen LogP contribution in [0.4, 0.5) is 5.69 Å². The Hall–Kier alpha value is -2.95. The van der Waals surface area contributed by atoms with E-state index in [1.807, 2.05) is 62.4 Å². The van der Waals surface area contributed by atoms with Gasteiger partial charge in [-0.2, -0.15) is 0 Å². The molecule has 3 amide bonds. The lowest BCUT2D eigenvalue weighted by Gasteiger charge is -2.27. The maximum absolute atomic E-state index is 13.5. The minimum Gasteiger partial charge on any atom is -0.324 e. The average Bonchev–Trinajstić information content (AvgIpc) is 3.44. The normalized spacial score (nSPS) is 27.5. The molecule has 5 nitrogen and oxygen atoms in total. The third kappa shape index (κ3) is 3.27. The zero-order valence-electron chi connectivity index (χ0n) is 18.0. The minimum atomic E-state index is -0.841. The molecule has 1 aliphatic heterocycles. The van der Waals surface area contributed by atoms with Gasteiger partial charge in [0.05, 0.1) is 11.8 Å². The molecular weight excluding hydrogens is 388 g/mol. The number of hydrogen-bond donors (Lipinski definition) is 1. The van der Waals surface area contributed by atoms with Gasteiger partial charge in [0.15, 0.2) is 0 Å². The van der Waals surface area contributed by atoms with Gasteiger partial charge in [0.1, 0.15) is 6.04 Å². The Morgan fingerprint density at radius 1 is 0.935 bits per heavy atom. The zero-order chi connectivity index (χ0) is 21.7. The van der Waals surface area contributed by atoms with E-state index in [9.17, 15) is 14.4 Å². The molecule has 3 aliphatic rings. The van der Waals surface area contributed by atoms with Crippen LogP contribution in [0.1, 0.15) is 36.0 Å². The molecule has 2 aromatic carbocycles. The molecule has 2 bridgehead atoms. The van der Waals surface area contributed by atoms with Gasteiger partial charge >= 0.3 is 0 Å². The van der Waals surface area contributed by atoms with Crippen LogP contribution in [-0.4, -0.2) is 28.7 Å². The number of anilines is 1. The van der Waals surface area contributed by atoms with Crippen molar-refractivity contribution in [3.63, 3.8) is 0 Å². The lowest BCUT2D eigenvalue weighted by molar-refractivity contribution is -0.147. The van der Waals surface area contributed by atoms with Gasteiger partial charge < -0.3 is 5.32 Å². The molecule has 2 aromatic rings. The quantitative estimate of drug-likeness (QED) is 0.752. The van der Waals surface area contributed by atoms with Crippen LogP contribution < -0.4 is 5.32 Å². The standard InChI is InChI=1S/C26H28N2O3/c1-15-7-6-8-16(2)23(15)27-24(29)20(13-17-9-4-3-5-10-17)28-25(30)21-18-11-12-19(14-18)22(21)26(28)31/h3-10,18-22H,11-14H2,1-2H3,(H,27,29)/t18-,19-,20-,21-,22+/m0/s1. The summed E-state index contributed by atoms with van der Waals surface area (Å²) in [5.74, 6) is -0.420. The van der Waals surface area contributed by atoms with E-state index in [1.54, 1.807) is 0 Å². The summed E-state index contributed by atoms with van der Waals surface area (Å²) in [5.41, 5.74) is 3.61. The summed E-state index contributed by atoms with van der Waals surface area (Å²) in [6.07, 6.45) is 3.36. The SMILES string of the molecule is Cc1cccc(C)c1NC(=O)[C@H](Cc1ccccc1)N1C(=O)[C@@H]2[C@H]3CC[C@@H](C3)[C@@H]2C1=O. The number of nitrogens with one attached hydrogen (secondary N) is 1. The number of imide groups is 1. The summed E-state index contributed by atoms with van der Waals surface area (Å²) in [6, 6.07) is 14.6. The molecule has 0 radical (unpaired) electrons. The summed E-state index contributed by atoms with van der Waals surface area (Å²) < 4.78 is 0. The maximum Gasteiger partial charge on any atom is 0.248 e. The first-order valence-corrected chi connectivity index (χ1v) is 11.2. The van der Waals surface area contributed by atoms with Crippen LogP contribution in [-0.2, 0) is 20.8 Å². The lowest BCUT2D eigenvalue weighted by atomic mass is 9.81. The van der Waals surface area contributed by atoms with Gasteiger partial charge in [0.2, 0.25) is 17.7 Å².